The fraction of sp³-hybridized carbons (Fsp3) is 0.0769. The van der Waals surface area contributed by atoms with Gasteiger partial charge in [0.25, 0.3) is 40.1 Å². The third-order valence-electron chi connectivity index (χ3n) is 11.6. The van der Waals surface area contributed by atoms with Crippen molar-refractivity contribution < 1.29 is 52.8 Å². The highest BCUT2D eigenvalue weighted by molar-refractivity contribution is 7.91. The number of carbonyl (C=O) groups is 4. The van der Waals surface area contributed by atoms with Crippen molar-refractivity contribution in [1.82, 2.24) is 38.8 Å². The van der Waals surface area contributed by atoms with E-state index in [9.17, 15) is 52.8 Å². The van der Waals surface area contributed by atoms with E-state index in [0.717, 1.165) is 27.7 Å². The van der Waals surface area contributed by atoms with Crippen molar-refractivity contribution in [3.63, 3.8) is 0 Å². The largest absolute Gasteiger partial charge is 0.354 e. The molecule has 9 rings (SSSR count). The Balaban J connectivity index is 1.54. The standard InChI is InChI=1S/C52H42N8O12S4/c1-29(61)57-73(65,66)45-17-9-5-13-33(45)49-37-21-23-39(53-37)50(34-14-6-10-18-46(34)74(67,68)58-30(2)62)41-25-27-43(55-41)52(36-16-8-12-20-48(36)76(71,72)60-32(4)64)44-28-26-42(56-44)51(40-24-22-38(49)54-40)35-15-7-11-19-47(35)75(69,70)59-31(3)63/h5-28,53,56H,1-4H3,(H,57,61)(H,58,62)(H,59,63)(H,60,64). The van der Waals surface area contributed by atoms with Crippen LogP contribution < -0.4 is 18.9 Å². The van der Waals surface area contributed by atoms with Gasteiger partial charge in [-0.25, -0.2) is 62.5 Å². The number of hydrogen-bond acceptors (Lipinski definition) is 14. The molecule has 3 aromatic heterocycles. The van der Waals surface area contributed by atoms with Gasteiger partial charge in [0, 0.05) is 94.3 Å². The summed E-state index contributed by atoms with van der Waals surface area (Å²) in [4.78, 5) is 64.8. The number of fused-ring (bicyclic) bond motifs is 8. The molecule has 2 aliphatic rings. The summed E-state index contributed by atoms with van der Waals surface area (Å²) in [7, 11) is -18.3. The lowest BCUT2D eigenvalue weighted by Gasteiger charge is -2.13. The van der Waals surface area contributed by atoms with Crippen LogP contribution in [0.25, 0.3) is 90.9 Å². The molecule has 0 saturated carbocycles. The van der Waals surface area contributed by atoms with E-state index in [1.165, 1.54) is 72.8 Å². The highest BCUT2D eigenvalue weighted by atomic mass is 32.2. The summed E-state index contributed by atoms with van der Waals surface area (Å²) < 4.78 is 120. The minimum Gasteiger partial charge on any atom is -0.354 e. The van der Waals surface area contributed by atoms with E-state index in [2.05, 4.69) is 9.97 Å². The van der Waals surface area contributed by atoms with Gasteiger partial charge in [0.05, 0.1) is 42.4 Å². The number of aromatic nitrogens is 4. The molecule has 24 heteroatoms. The van der Waals surface area contributed by atoms with Gasteiger partial charge in [-0.3, -0.25) is 19.2 Å². The third kappa shape index (κ3) is 10.1. The zero-order chi connectivity index (χ0) is 54.5. The van der Waals surface area contributed by atoms with Crippen LogP contribution >= 0.6 is 0 Å². The molecule has 0 aliphatic carbocycles. The lowest BCUT2D eigenvalue weighted by atomic mass is 10.0. The molecule has 6 N–H and O–H groups in total. The van der Waals surface area contributed by atoms with Gasteiger partial charge >= 0.3 is 0 Å². The minimum absolute atomic E-state index is 0.0313. The Kier molecular flexibility index (Phi) is 13.5. The number of rotatable bonds is 12. The molecule has 20 nitrogen and oxygen atoms in total. The molecular formula is C52H42N8O12S4. The summed E-state index contributed by atoms with van der Waals surface area (Å²) in [5.74, 6) is -3.51. The van der Waals surface area contributed by atoms with E-state index in [1.54, 1.807) is 72.8 Å². The molecule has 0 fully saturated rings. The highest BCUT2D eigenvalue weighted by Crippen LogP contribution is 2.42. The van der Waals surface area contributed by atoms with Crippen LogP contribution in [0.3, 0.4) is 0 Å². The van der Waals surface area contributed by atoms with Crippen LogP contribution in [0.4, 0.5) is 0 Å². The Morgan fingerprint density at radius 1 is 0.329 bits per heavy atom. The molecule has 4 amide bonds. The monoisotopic (exact) mass is 1100 g/mol. The molecule has 7 aromatic rings. The minimum atomic E-state index is -4.59. The van der Waals surface area contributed by atoms with Crippen molar-refractivity contribution >= 4 is 110 Å². The number of carbonyl (C=O) groups excluding carboxylic acids is 4. The number of nitrogens with one attached hydrogen (secondary N) is 6. The van der Waals surface area contributed by atoms with Crippen molar-refractivity contribution in [3.05, 3.63) is 144 Å². The number of hydrogen-bond donors (Lipinski definition) is 6. The fourth-order valence-corrected chi connectivity index (χ4v) is 13.8. The van der Waals surface area contributed by atoms with E-state index < -0.39 is 63.7 Å². The Hall–Kier alpha value is -8.84. The van der Waals surface area contributed by atoms with Gasteiger partial charge in [0.2, 0.25) is 23.6 Å². The van der Waals surface area contributed by atoms with Gasteiger partial charge in [-0.15, -0.1) is 0 Å². The quantitative estimate of drug-likeness (QED) is 0.0749. The van der Waals surface area contributed by atoms with E-state index in [-0.39, 0.29) is 109 Å². The molecule has 0 spiro atoms. The molecule has 2 aliphatic heterocycles. The average Bonchev–Trinajstić information content (AvgIpc) is 4.21. The topological polar surface area (TPSA) is 310 Å². The number of sulfonamides is 4. The zero-order valence-electron chi connectivity index (χ0n) is 40.3. The normalized spacial score (nSPS) is 12.5. The lowest BCUT2D eigenvalue weighted by Crippen LogP contribution is -2.28. The van der Waals surface area contributed by atoms with Gasteiger partial charge in [0.15, 0.2) is 0 Å². The van der Waals surface area contributed by atoms with Crippen LogP contribution in [0, 0.1) is 0 Å². The fourth-order valence-electron chi connectivity index (χ4n) is 8.95. The Bertz CT molecular complexity index is 3840. The summed E-state index contributed by atoms with van der Waals surface area (Å²) >= 11 is 0. The van der Waals surface area contributed by atoms with Crippen LogP contribution in [0.5, 0.6) is 0 Å². The van der Waals surface area contributed by atoms with E-state index in [4.69, 9.17) is 9.97 Å². The molecule has 76 heavy (non-hydrogen) atoms. The van der Waals surface area contributed by atoms with Gasteiger partial charge in [-0.05, 0) is 72.8 Å². The first kappa shape index (κ1) is 52.0. The van der Waals surface area contributed by atoms with Crippen LogP contribution in [-0.2, 0) is 59.3 Å². The second-order valence-corrected chi connectivity index (χ2v) is 23.7. The first-order valence-electron chi connectivity index (χ1n) is 22.6. The zero-order valence-corrected chi connectivity index (χ0v) is 43.5. The van der Waals surface area contributed by atoms with Crippen molar-refractivity contribution in [2.45, 2.75) is 47.3 Å². The predicted octanol–water partition coefficient (Wildman–Crippen LogP) is 6.62. The van der Waals surface area contributed by atoms with Gasteiger partial charge in [-0.1, -0.05) is 72.8 Å². The summed E-state index contributed by atoms with van der Waals surface area (Å²) in [6.45, 7) is 4.14. The first-order valence-corrected chi connectivity index (χ1v) is 28.6. The maximum Gasteiger partial charge on any atom is 0.264 e. The van der Waals surface area contributed by atoms with Crippen LogP contribution in [-0.4, -0.2) is 77.2 Å². The van der Waals surface area contributed by atoms with Crippen molar-refractivity contribution in [2.75, 3.05) is 0 Å². The molecule has 4 aromatic carbocycles. The molecule has 0 saturated heterocycles. The van der Waals surface area contributed by atoms with Crippen molar-refractivity contribution in [1.29, 1.82) is 0 Å². The van der Waals surface area contributed by atoms with Crippen LogP contribution in [0.1, 0.15) is 50.5 Å². The van der Waals surface area contributed by atoms with Crippen LogP contribution in [0.2, 0.25) is 0 Å². The Morgan fingerprint density at radius 3 is 0.724 bits per heavy atom. The summed E-state index contributed by atoms with van der Waals surface area (Å²) in [6.07, 6.45) is 6.19. The maximum atomic E-state index is 14.0. The number of nitrogens with zero attached hydrogens (tertiary/aromatic N) is 2. The maximum absolute atomic E-state index is 14.0. The molecule has 0 atom stereocenters. The number of H-pyrrole nitrogens is 2. The van der Waals surface area contributed by atoms with E-state index in [1.807, 2.05) is 18.9 Å². The molecule has 8 bridgehead atoms. The summed E-state index contributed by atoms with van der Waals surface area (Å²) in [5.41, 5.74) is 1.77. The third-order valence-corrected chi connectivity index (χ3v) is 17.6. The van der Waals surface area contributed by atoms with Crippen molar-refractivity contribution in [2.24, 2.45) is 0 Å². The summed E-state index contributed by atoms with van der Waals surface area (Å²) in [5, 5.41) is 0. The van der Waals surface area contributed by atoms with Crippen molar-refractivity contribution in [3.8, 4) is 44.5 Å². The number of aromatic amines is 2. The second-order valence-electron chi connectivity index (χ2n) is 17.1. The van der Waals surface area contributed by atoms with Gasteiger partial charge in [-0.2, -0.15) is 0 Å². The molecule has 386 valence electrons. The van der Waals surface area contributed by atoms with Gasteiger partial charge < -0.3 is 9.97 Å². The number of amides is 4. The van der Waals surface area contributed by atoms with Gasteiger partial charge in [0.1, 0.15) is 0 Å². The SMILES string of the molecule is CC(=O)NS(=O)(=O)c1ccccc1-c1c2nc(c(-c3ccccc3S(=O)(=O)NC(C)=O)c3ccc([nH]3)c(-c3ccccc3S(=O)(=O)NC(C)=O)c3nc(c(-c4ccccc4S(=O)(=O)NC(C)=O)c4ccc1[nH]4)C=C3)C=C2. The Labute approximate surface area is 435 Å². The van der Waals surface area contributed by atoms with E-state index >= 15 is 0 Å². The predicted molar refractivity (Wildman–Crippen MR) is 285 cm³/mol. The highest BCUT2D eigenvalue weighted by Gasteiger charge is 2.30. The second kappa shape index (κ2) is 19.8. The van der Waals surface area contributed by atoms with E-state index in [0.29, 0.717) is 0 Å². The summed E-state index contributed by atoms with van der Waals surface area (Å²) in [6, 6.07) is 29.4. The Morgan fingerprint density at radius 2 is 0.526 bits per heavy atom. The van der Waals surface area contributed by atoms with Crippen LogP contribution in [0.15, 0.2) is 141 Å². The lowest BCUT2D eigenvalue weighted by molar-refractivity contribution is -0.118. The molecule has 0 unspecified atom stereocenters. The molecule has 0 radical (unpaired) electrons. The smallest absolute Gasteiger partial charge is 0.264 e. The number of benzene rings is 4. The molecule has 5 heterocycles. The molecular weight excluding hydrogens is 1060 g/mol. The first-order chi connectivity index (χ1) is 36.0. The average molecular weight is 1100 g/mol.